The average Bonchev–Trinajstić information content (AvgIpc) is 2.92. The molecule has 0 radical (unpaired) electrons. The van der Waals surface area contributed by atoms with E-state index in [9.17, 15) is 9.90 Å². The Morgan fingerprint density at radius 1 is 1.41 bits per heavy atom. The maximum atomic E-state index is 12.2. The molecule has 1 aromatic carbocycles. The van der Waals surface area contributed by atoms with Crippen LogP contribution in [0.4, 0.5) is 0 Å². The van der Waals surface area contributed by atoms with Gasteiger partial charge < -0.3 is 10.4 Å². The quantitative estimate of drug-likeness (QED) is 0.861. The number of carbonyl (C=O) groups is 1. The predicted molar refractivity (Wildman–Crippen MR) is 89.1 cm³/mol. The van der Waals surface area contributed by atoms with Gasteiger partial charge in [-0.25, -0.2) is 4.98 Å². The molecule has 0 aliphatic heterocycles. The van der Waals surface area contributed by atoms with Gasteiger partial charge in [-0.3, -0.25) is 4.79 Å². The van der Waals surface area contributed by atoms with E-state index < -0.39 is 11.5 Å². The van der Waals surface area contributed by atoms with Crippen molar-refractivity contribution in [3.63, 3.8) is 0 Å². The lowest BCUT2D eigenvalue weighted by atomic mass is 9.79. The van der Waals surface area contributed by atoms with Crippen molar-refractivity contribution in [2.24, 2.45) is 5.41 Å². The Balaban J connectivity index is 2.05. The fourth-order valence-corrected chi connectivity index (χ4v) is 3.02. The van der Waals surface area contributed by atoms with Crippen LogP contribution in [0.15, 0.2) is 35.8 Å². The van der Waals surface area contributed by atoms with E-state index in [1.807, 2.05) is 44.2 Å². The van der Waals surface area contributed by atoms with Crippen molar-refractivity contribution < 1.29 is 9.90 Å². The number of benzene rings is 1. The number of amides is 1. The first kappa shape index (κ1) is 16.6. The third kappa shape index (κ3) is 3.93. The summed E-state index contributed by atoms with van der Waals surface area (Å²) in [5, 5.41) is 13.1. The van der Waals surface area contributed by atoms with E-state index in [4.69, 9.17) is 0 Å². The molecule has 2 aromatic rings. The normalized spacial score (nSPS) is 15.1. The van der Waals surface area contributed by atoms with Crippen molar-refractivity contribution in [2.45, 2.75) is 33.3 Å². The van der Waals surface area contributed by atoms with Gasteiger partial charge in [0.25, 0.3) is 5.91 Å². The molecule has 118 valence electrons. The maximum absolute atomic E-state index is 12.2. The number of aromatic nitrogens is 1. The Bertz CT molecular complexity index is 625. The molecule has 4 nitrogen and oxygen atoms in total. The summed E-state index contributed by atoms with van der Waals surface area (Å²) in [6.45, 7) is 6.00. The van der Waals surface area contributed by atoms with Gasteiger partial charge >= 0.3 is 0 Å². The van der Waals surface area contributed by atoms with Gasteiger partial charge in [0, 0.05) is 12.0 Å². The van der Waals surface area contributed by atoms with E-state index >= 15 is 0 Å². The van der Waals surface area contributed by atoms with Crippen LogP contribution in [-0.4, -0.2) is 28.6 Å². The summed E-state index contributed by atoms with van der Waals surface area (Å²) in [4.78, 5) is 17.0. The molecule has 0 saturated carbocycles. The zero-order valence-electron chi connectivity index (χ0n) is 13.2. The lowest BCUT2D eigenvalue weighted by Gasteiger charge is -2.33. The molecule has 5 heteroatoms. The fraction of sp³-hybridized carbons (Fsp3) is 0.412. The van der Waals surface area contributed by atoms with E-state index in [1.165, 1.54) is 11.3 Å². The van der Waals surface area contributed by atoms with Crippen molar-refractivity contribution in [1.82, 2.24) is 10.3 Å². The fourth-order valence-electron chi connectivity index (χ4n) is 2.30. The highest BCUT2D eigenvalue weighted by atomic mass is 32.1. The van der Waals surface area contributed by atoms with Crippen molar-refractivity contribution in [1.29, 1.82) is 0 Å². The first-order valence-corrected chi connectivity index (χ1v) is 8.20. The topological polar surface area (TPSA) is 62.2 Å². The van der Waals surface area contributed by atoms with E-state index in [2.05, 4.69) is 10.3 Å². The van der Waals surface area contributed by atoms with E-state index in [0.717, 1.165) is 11.3 Å². The highest BCUT2D eigenvalue weighted by molar-refractivity contribution is 7.11. The molecule has 22 heavy (non-hydrogen) atoms. The standard InChI is InChI=1S/C17H22N2O2S/c1-12-15(22-11-19-12)16(21)18-10-17(3,13(2)20)9-14-7-5-4-6-8-14/h4-8,11,13,20H,9-10H2,1-3H3,(H,18,21)/t13-,17+/m0/s1. The van der Waals surface area contributed by atoms with Crippen LogP contribution >= 0.6 is 11.3 Å². The summed E-state index contributed by atoms with van der Waals surface area (Å²) < 4.78 is 0. The minimum Gasteiger partial charge on any atom is -0.393 e. The molecule has 0 aliphatic rings. The predicted octanol–water partition coefficient (Wildman–Crippen LogP) is 2.81. The van der Waals surface area contributed by atoms with Crippen LogP contribution in [0.3, 0.4) is 0 Å². The Kier molecular flexibility index (Phi) is 5.32. The number of nitrogens with one attached hydrogen (secondary N) is 1. The molecular formula is C17H22N2O2S. The molecule has 1 amide bonds. The Hall–Kier alpha value is -1.72. The number of nitrogens with zero attached hydrogens (tertiary/aromatic N) is 1. The molecule has 0 aliphatic carbocycles. The number of aryl methyl sites for hydroxylation is 1. The molecule has 0 bridgehead atoms. The summed E-state index contributed by atoms with van der Waals surface area (Å²) in [6.07, 6.45) is 0.170. The molecule has 0 unspecified atom stereocenters. The molecule has 1 heterocycles. The molecule has 1 aromatic heterocycles. The van der Waals surface area contributed by atoms with Crippen molar-refractivity contribution >= 4 is 17.2 Å². The summed E-state index contributed by atoms with van der Waals surface area (Å²) >= 11 is 1.33. The van der Waals surface area contributed by atoms with Crippen LogP contribution in [0.5, 0.6) is 0 Å². The van der Waals surface area contributed by atoms with E-state index in [0.29, 0.717) is 17.8 Å². The minimum absolute atomic E-state index is 0.125. The number of hydrogen-bond acceptors (Lipinski definition) is 4. The van der Waals surface area contributed by atoms with Crippen LogP contribution in [0.25, 0.3) is 0 Å². The van der Waals surface area contributed by atoms with Crippen LogP contribution in [0.1, 0.15) is 34.8 Å². The third-order valence-corrected chi connectivity index (χ3v) is 4.99. The minimum atomic E-state index is -0.532. The number of rotatable bonds is 6. The molecule has 2 atom stereocenters. The maximum Gasteiger partial charge on any atom is 0.263 e. The highest BCUT2D eigenvalue weighted by Crippen LogP contribution is 2.26. The van der Waals surface area contributed by atoms with Gasteiger partial charge in [-0.05, 0) is 25.8 Å². The van der Waals surface area contributed by atoms with Crippen molar-refractivity contribution in [3.05, 3.63) is 52.0 Å². The number of aliphatic hydroxyl groups excluding tert-OH is 1. The van der Waals surface area contributed by atoms with Crippen molar-refractivity contribution in [2.75, 3.05) is 6.54 Å². The SMILES string of the molecule is Cc1ncsc1C(=O)NC[C@@](C)(Cc1ccccc1)[C@H](C)O. The third-order valence-electron chi connectivity index (χ3n) is 4.06. The second-order valence-electron chi connectivity index (χ2n) is 5.94. The molecule has 0 saturated heterocycles. The van der Waals surface area contributed by atoms with Crippen LogP contribution in [0.2, 0.25) is 0 Å². The van der Waals surface area contributed by atoms with Crippen molar-refractivity contribution in [3.8, 4) is 0 Å². The Morgan fingerprint density at radius 2 is 2.09 bits per heavy atom. The molecule has 0 fully saturated rings. The Labute approximate surface area is 135 Å². The smallest absolute Gasteiger partial charge is 0.263 e. The largest absolute Gasteiger partial charge is 0.393 e. The van der Waals surface area contributed by atoms with Gasteiger partial charge in [0.2, 0.25) is 0 Å². The molecule has 2 rings (SSSR count). The van der Waals surface area contributed by atoms with Gasteiger partial charge in [-0.1, -0.05) is 37.3 Å². The summed E-state index contributed by atoms with van der Waals surface area (Å²) in [6, 6.07) is 10.0. The average molecular weight is 318 g/mol. The zero-order valence-corrected chi connectivity index (χ0v) is 14.0. The van der Waals surface area contributed by atoms with Gasteiger partial charge in [-0.2, -0.15) is 0 Å². The molecule has 2 N–H and O–H groups in total. The van der Waals surface area contributed by atoms with E-state index in [-0.39, 0.29) is 5.91 Å². The summed E-state index contributed by atoms with van der Waals surface area (Å²) in [5.41, 5.74) is 3.14. The van der Waals surface area contributed by atoms with E-state index in [1.54, 1.807) is 12.4 Å². The van der Waals surface area contributed by atoms with Gasteiger partial charge in [-0.15, -0.1) is 11.3 Å². The van der Waals surface area contributed by atoms with Crippen LogP contribution in [0, 0.1) is 12.3 Å². The first-order chi connectivity index (χ1) is 10.4. The molecule has 0 spiro atoms. The number of thiazole rings is 1. The molecular weight excluding hydrogens is 296 g/mol. The second-order valence-corrected chi connectivity index (χ2v) is 6.80. The number of hydrogen-bond donors (Lipinski definition) is 2. The summed E-state index contributed by atoms with van der Waals surface area (Å²) in [5.74, 6) is -0.125. The summed E-state index contributed by atoms with van der Waals surface area (Å²) in [7, 11) is 0. The highest BCUT2D eigenvalue weighted by Gasteiger charge is 2.31. The van der Waals surface area contributed by atoms with Gasteiger partial charge in [0.05, 0.1) is 17.3 Å². The van der Waals surface area contributed by atoms with Crippen LogP contribution in [-0.2, 0) is 6.42 Å². The number of carbonyl (C=O) groups excluding carboxylic acids is 1. The first-order valence-electron chi connectivity index (χ1n) is 7.32. The van der Waals surface area contributed by atoms with Gasteiger partial charge in [0.1, 0.15) is 4.88 Å². The lowest BCUT2D eigenvalue weighted by molar-refractivity contribution is 0.0501. The van der Waals surface area contributed by atoms with Gasteiger partial charge in [0.15, 0.2) is 0 Å². The Morgan fingerprint density at radius 3 is 2.64 bits per heavy atom. The number of aliphatic hydroxyl groups is 1. The zero-order chi connectivity index (χ0) is 16.2. The van der Waals surface area contributed by atoms with Crippen LogP contribution < -0.4 is 5.32 Å². The lowest BCUT2D eigenvalue weighted by Crippen LogP contribution is -2.43. The second kappa shape index (κ2) is 7.03. The monoisotopic (exact) mass is 318 g/mol.